The van der Waals surface area contributed by atoms with Crippen LogP contribution < -0.4 is 10.1 Å². The predicted octanol–water partition coefficient (Wildman–Crippen LogP) is 4.12. The molecule has 1 heterocycles. The van der Waals surface area contributed by atoms with Gasteiger partial charge in [-0.25, -0.2) is 0 Å². The third-order valence-corrected chi connectivity index (χ3v) is 3.42. The van der Waals surface area contributed by atoms with E-state index in [1.165, 1.54) is 16.5 Å². The molecule has 0 atom stereocenters. The molecule has 0 aliphatic carbocycles. The first-order valence-corrected chi connectivity index (χ1v) is 7.24. The Hall–Kier alpha value is -2.26. The van der Waals surface area contributed by atoms with E-state index in [2.05, 4.69) is 23.5 Å². The Morgan fingerprint density at radius 3 is 2.86 bits per heavy atom. The molecule has 3 rings (SSSR count). The van der Waals surface area contributed by atoms with Crippen molar-refractivity contribution in [1.82, 2.24) is 5.32 Å². The normalized spacial score (nSPS) is 10.9. The van der Waals surface area contributed by atoms with E-state index in [1.807, 2.05) is 43.5 Å². The van der Waals surface area contributed by atoms with Crippen LogP contribution in [-0.4, -0.2) is 6.61 Å². The maximum absolute atomic E-state index is 5.54. The van der Waals surface area contributed by atoms with Gasteiger partial charge in [0.05, 0.1) is 12.9 Å². The summed E-state index contributed by atoms with van der Waals surface area (Å²) in [5, 5.41) is 4.62. The van der Waals surface area contributed by atoms with Crippen LogP contribution in [-0.2, 0) is 13.1 Å². The van der Waals surface area contributed by atoms with Crippen molar-refractivity contribution >= 4 is 11.0 Å². The summed E-state index contributed by atoms with van der Waals surface area (Å²) >= 11 is 0. The number of hydrogen-bond acceptors (Lipinski definition) is 3. The van der Waals surface area contributed by atoms with E-state index in [1.54, 1.807) is 0 Å². The van der Waals surface area contributed by atoms with Crippen molar-refractivity contribution in [3.05, 3.63) is 65.9 Å². The lowest BCUT2D eigenvalue weighted by molar-refractivity contribution is 0.340. The van der Waals surface area contributed by atoms with Crippen molar-refractivity contribution in [2.24, 2.45) is 0 Å². The average Bonchev–Trinajstić information content (AvgIpc) is 2.92. The van der Waals surface area contributed by atoms with Crippen molar-refractivity contribution in [1.29, 1.82) is 0 Å². The van der Waals surface area contributed by atoms with E-state index >= 15 is 0 Å². The fourth-order valence-corrected chi connectivity index (χ4v) is 2.42. The second-order valence-corrected chi connectivity index (χ2v) is 4.94. The van der Waals surface area contributed by atoms with Crippen LogP contribution in [0.3, 0.4) is 0 Å². The Balaban J connectivity index is 1.62. The third-order valence-electron chi connectivity index (χ3n) is 3.42. The van der Waals surface area contributed by atoms with E-state index in [4.69, 9.17) is 9.15 Å². The molecule has 3 aromatic rings. The quantitative estimate of drug-likeness (QED) is 0.738. The zero-order valence-electron chi connectivity index (χ0n) is 12.1. The minimum Gasteiger partial charge on any atom is -0.494 e. The lowest BCUT2D eigenvalue weighted by Gasteiger charge is -2.07. The summed E-state index contributed by atoms with van der Waals surface area (Å²) in [6.45, 7) is 4.28. The molecule has 3 nitrogen and oxygen atoms in total. The zero-order chi connectivity index (χ0) is 14.5. The maximum Gasteiger partial charge on any atom is 0.134 e. The largest absolute Gasteiger partial charge is 0.494 e. The summed E-state index contributed by atoms with van der Waals surface area (Å²) in [5.41, 5.74) is 3.34. The van der Waals surface area contributed by atoms with Gasteiger partial charge >= 0.3 is 0 Å². The number of hydrogen-bond donors (Lipinski definition) is 1. The van der Waals surface area contributed by atoms with Gasteiger partial charge in [0.1, 0.15) is 11.3 Å². The molecule has 0 saturated carbocycles. The molecule has 0 radical (unpaired) electrons. The lowest BCUT2D eigenvalue weighted by atomic mass is 10.1. The molecule has 108 valence electrons. The average molecular weight is 281 g/mol. The molecule has 1 aromatic heterocycles. The second kappa shape index (κ2) is 6.46. The number of rotatable bonds is 6. The van der Waals surface area contributed by atoms with Gasteiger partial charge < -0.3 is 14.5 Å². The molecule has 0 unspecified atom stereocenters. The van der Waals surface area contributed by atoms with Crippen LogP contribution in [0.15, 0.2) is 59.2 Å². The Morgan fingerprint density at radius 2 is 1.95 bits per heavy atom. The molecule has 0 saturated heterocycles. The van der Waals surface area contributed by atoms with Crippen molar-refractivity contribution in [3.8, 4) is 5.75 Å². The van der Waals surface area contributed by atoms with Gasteiger partial charge in [-0.15, -0.1) is 0 Å². The minimum atomic E-state index is 0.692. The summed E-state index contributed by atoms with van der Waals surface area (Å²) < 4.78 is 11.1. The summed E-state index contributed by atoms with van der Waals surface area (Å²) in [5.74, 6) is 0.922. The molecular formula is C18H19NO2. The predicted molar refractivity (Wildman–Crippen MR) is 84.4 cm³/mol. The molecule has 0 bridgehead atoms. The highest BCUT2D eigenvalue weighted by atomic mass is 16.5. The van der Waals surface area contributed by atoms with Crippen molar-refractivity contribution < 1.29 is 9.15 Å². The molecular weight excluding hydrogens is 262 g/mol. The fourth-order valence-electron chi connectivity index (χ4n) is 2.42. The highest BCUT2D eigenvalue weighted by Gasteiger charge is 2.04. The van der Waals surface area contributed by atoms with Gasteiger partial charge in [0.25, 0.3) is 0 Å². The third kappa shape index (κ3) is 3.26. The van der Waals surface area contributed by atoms with Gasteiger partial charge in [0.15, 0.2) is 0 Å². The van der Waals surface area contributed by atoms with Gasteiger partial charge in [-0.2, -0.15) is 0 Å². The van der Waals surface area contributed by atoms with Crippen LogP contribution >= 0.6 is 0 Å². The summed E-state index contributed by atoms with van der Waals surface area (Å²) in [4.78, 5) is 0. The number of benzene rings is 2. The Kier molecular flexibility index (Phi) is 4.22. The highest BCUT2D eigenvalue weighted by molar-refractivity contribution is 5.80. The first kappa shape index (κ1) is 13.7. The number of para-hydroxylation sites is 1. The fraction of sp³-hybridized carbons (Fsp3) is 0.222. The maximum atomic E-state index is 5.54. The Bertz CT molecular complexity index is 718. The topological polar surface area (TPSA) is 34.4 Å². The summed E-state index contributed by atoms with van der Waals surface area (Å²) in [6, 6.07) is 16.3. The first-order chi connectivity index (χ1) is 10.4. The molecule has 1 N–H and O–H groups in total. The monoisotopic (exact) mass is 281 g/mol. The molecule has 0 aliphatic rings. The van der Waals surface area contributed by atoms with Crippen LogP contribution in [0.4, 0.5) is 0 Å². The Morgan fingerprint density at radius 1 is 1.05 bits per heavy atom. The van der Waals surface area contributed by atoms with Gasteiger partial charge in [-0.1, -0.05) is 30.3 Å². The van der Waals surface area contributed by atoms with Crippen molar-refractivity contribution in [2.75, 3.05) is 6.61 Å². The van der Waals surface area contributed by atoms with E-state index in [0.717, 1.165) is 24.4 Å². The van der Waals surface area contributed by atoms with Gasteiger partial charge in [0, 0.05) is 24.0 Å². The van der Waals surface area contributed by atoms with Crippen LogP contribution in [0.1, 0.15) is 18.1 Å². The summed E-state index contributed by atoms with van der Waals surface area (Å²) in [7, 11) is 0. The number of furan rings is 1. The molecule has 0 amide bonds. The number of nitrogens with one attached hydrogen (secondary N) is 1. The van der Waals surface area contributed by atoms with E-state index in [-0.39, 0.29) is 0 Å². The van der Waals surface area contributed by atoms with Gasteiger partial charge in [0.2, 0.25) is 0 Å². The zero-order valence-corrected chi connectivity index (χ0v) is 12.1. The number of fused-ring (bicyclic) bond motifs is 1. The Labute approximate surface area is 124 Å². The van der Waals surface area contributed by atoms with Crippen LogP contribution in [0.2, 0.25) is 0 Å². The number of ether oxygens (including phenoxy) is 1. The minimum absolute atomic E-state index is 0.692. The van der Waals surface area contributed by atoms with Gasteiger partial charge in [-0.3, -0.25) is 0 Å². The van der Waals surface area contributed by atoms with Crippen molar-refractivity contribution in [3.63, 3.8) is 0 Å². The standard InChI is InChI=1S/C18H19NO2/c1-2-20-16-7-5-6-14(10-16)11-19-12-15-13-21-18-9-4-3-8-17(15)18/h3-10,13,19H,2,11-12H2,1H3. The molecule has 0 aliphatic heterocycles. The van der Waals surface area contributed by atoms with E-state index in [0.29, 0.717) is 6.61 Å². The van der Waals surface area contributed by atoms with E-state index < -0.39 is 0 Å². The molecule has 0 fully saturated rings. The smallest absolute Gasteiger partial charge is 0.134 e. The second-order valence-electron chi connectivity index (χ2n) is 4.94. The van der Waals surface area contributed by atoms with E-state index in [9.17, 15) is 0 Å². The van der Waals surface area contributed by atoms with Crippen LogP contribution in [0.5, 0.6) is 5.75 Å². The summed E-state index contributed by atoms with van der Waals surface area (Å²) in [6.07, 6.45) is 1.83. The molecule has 0 spiro atoms. The van der Waals surface area contributed by atoms with Gasteiger partial charge in [-0.05, 0) is 30.7 Å². The van der Waals surface area contributed by atoms with Crippen LogP contribution in [0.25, 0.3) is 11.0 Å². The first-order valence-electron chi connectivity index (χ1n) is 7.24. The molecule has 21 heavy (non-hydrogen) atoms. The highest BCUT2D eigenvalue weighted by Crippen LogP contribution is 2.20. The van der Waals surface area contributed by atoms with Crippen molar-refractivity contribution in [2.45, 2.75) is 20.0 Å². The van der Waals surface area contributed by atoms with Crippen LogP contribution in [0, 0.1) is 0 Å². The molecule has 2 aromatic carbocycles. The molecule has 3 heteroatoms. The lowest BCUT2D eigenvalue weighted by Crippen LogP contribution is -2.12. The SMILES string of the molecule is CCOc1cccc(CNCc2coc3ccccc23)c1.